The van der Waals surface area contributed by atoms with E-state index in [0.717, 1.165) is 52.1 Å². The van der Waals surface area contributed by atoms with Crippen LogP contribution < -0.4 is 0 Å². The Balaban J connectivity index is 3.98. The van der Waals surface area contributed by atoms with Crippen LogP contribution in [0.1, 0.15) is 219 Å². The number of rotatable bonds is 41. The minimum absolute atomic E-state index is 0.226. The Hall–Kier alpha value is -1.47. The van der Waals surface area contributed by atoms with E-state index in [2.05, 4.69) is 42.7 Å². The minimum atomic E-state index is -4.26. The Morgan fingerprint density at radius 2 is 0.849 bits per heavy atom. The van der Waals surface area contributed by atoms with Crippen LogP contribution in [0.25, 0.3) is 0 Å². The Labute approximate surface area is 326 Å². The molecule has 1 N–H and O–H groups in total. The van der Waals surface area contributed by atoms with Crippen molar-refractivity contribution in [2.45, 2.75) is 225 Å². The molecule has 0 aliphatic rings. The maximum Gasteiger partial charge on any atom is 0.472 e. The van der Waals surface area contributed by atoms with Gasteiger partial charge in [-0.25, -0.2) is 4.57 Å². The molecule has 312 valence electrons. The van der Waals surface area contributed by atoms with Gasteiger partial charge in [0.25, 0.3) is 0 Å². The summed E-state index contributed by atoms with van der Waals surface area (Å²) in [5, 5.41) is 0. The molecule has 0 aliphatic carbocycles. The van der Waals surface area contributed by atoms with Crippen LogP contribution in [0.3, 0.4) is 0 Å². The summed E-state index contributed by atoms with van der Waals surface area (Å²) in [4.78, 5) is 34.5. The van der Waals surface area contributed by atoms with Crippen LogP contribution in [-0.4, -0.2) is 43.3 Å². The highest BCUT2D eigenvalue weighted by Gasteiger charge is 2.24. The van der Waals surface area contributed by atoms with Crippen molar-refractivity contribution in [3.05, 3.63) is 24.3 Å². The number of carbonyl (C=O) groups is 2. The summed E-state index contributed by atoms with van der Waals surface area (Å²) in [6, 6.07) is 0. The van der Waals surface area contributed by atoms with E-state index in [0.29, 0.717) is 6.42 Å². The first-order valence-electron chi connectivity index (χ1n) is 22.0. The first kappa shape index (κ1) is 51.5. The van der Waals surface area contributed by atoms with E-state index in [1.807, 2.05) is 0 Å². The molecule has 0 heterocycles. The van der Waals surface area contributed by atoms with Gasteiger partial charge in [0.1, 0.15) is 6.61 Å². The fourth-order valence-corrected chi connectivity index (χ4v) is 6.70. The number of unbranched alkanes of at least 4 members (excludes halogenated alkanes) is 26. The van der Waals surface area contributed by atoms with Crippen molar-refractivity contribution in [1.29, 1.82) is 0 Å². The van der Waals surface area contributed by atoms with Gasteiger partial charge in [-0.2, -0.15) is 0 Å². The average molecular weight is 771 g/mol. The third-order valence-corrected chi connectivity index (χ3v) is 10.6. The topological polar surface area (TPSA) is 108 Å². The number of hydrogen-bond acceptors (Lipinski definition) is 7. The first-order chi connectivity index (χ1) is 25.8. The number of ether oxygens (including phenoxy) is 2. The number of phosphoric acid groups is 1. The van der Waals surface area contributed by atoms with E-state index < -0.39 is 26.5 Å². The Bertz CT molecular complexity index is 921. The van der Waals surface area contributed by atoms with Crippen LogP contribution in [0.4, 0.5) is 0 Å². The maximum absolute atomic E-state index is 12.5. The minimum Gasteiger partial charge on any atom is -0.462 e. The largest absolute Gasteiger partial charge is 0.472 e. The van der Waals surface area contributed by atoms with Gasteiger partial charge < -0.3 is 14.4 Å². The maximum atomic E-state index is 12.5. The molecule has 0 amide bonds. The molecule has 0 saturated heterocycles. The Kier molecular flexibility index (Phi) is 39.1. The third-order valence-electron chi connectivity index (χ3n) is 9.67. The van der Waals surface area contributed by atoms with Crippen molar-refractivity contribution in [3.8, 4) is 0 Å². The van der Waals surface area contributed by atoms with Crippen LogP contribution in [0, 0.1) is 0 Å². The van der Waals surface area contributed by atoms with Crippen molar-refractivity contribution in [1.82, 2.24) is 0 Å². The number of esters is 2. The molecule has 0 bridgehead atoms. The van der Waals surface area contributed by atoms with Crippen LogP contribution in [0.2, 0.25) is 0 Å². The van der Waals surface area contributed by atoms with Crippen molar-refractivity contribution in [3.63, 3.8) is 0 Å². The van der Waals surface area contributed by atoms with Gasteiger partial charge in [0.05, 0.1) is 6.61 Å². The van der Waals surface area contributed by atoms with Crippen molar-refractivity contribution >= 4 is 19.8 Å². The molecule has 0 aliphatic heterocycles. The number of hydrogen-bond donors (Lipinski definition) is 1. The summed E-state index contributed by atoms with van der Waals surface area (Å²) in [6.45, 7) is 3.89. The van der Waals surface area contributed by atoms with E-state index in [1.54, 1.807) is 0 Å². The van der Waals surface area contributed by atoms with Gasteiger partial charge in [0, 0.05) is 20.0 Å². The summed E-state index contributed by atoms with van der Waals surface area (Å²) < 4.78 is 32.0. The van der Waals surface area contributed by atoms with E-state index in [4.69, 9.17) is 14.0 Å². The summed E-state index contributed by atoms with van der Waals surface area (Å²) in [5.41, 5.74) is 0. The van der Waals surface area contributed by atoms with E-state index in [1.165, 1.54) is 141 Å². The molecule has 0 fully saturated rings. The summed E-state index contributed by atoms with van der Waals surface area (Å²) in [7, 11) is -3.20. The molecular weight excluding hydrogens is 687 g/mol. The Morgan fingerprint density at radius 1 is 0.509 bits per heavy atom. The van der Waals surface area contributed by atoms with Gasteiger partial charge in [0.15, 0.2) is 6.10 Å². The Morgan fingerprint density at radius 3 is 1.23 bits per heavy atom. The van der Waals surface area contributed by atoms with E-state index >= 15 is 0 Å². The molecule has 0 rings (SSSR count). The zero-order chi connectivity index (χ0) is 38.9. The molecule has 9 heteroatoms. The number of phosphoric ester groups is 1. The molecule has 8 nitrogen and oxygen atoms in total. The predicted octanol–water partition coefficient (Wildman–Crippen LogP) is 13.8. The molecular formula is C44H83O8P. The average Bonchev–Trinajstić information content (AvgIpc) is 3.15. The van der Waals surface area contributed by atoms with Gasteiger partial charge >= 0.3 is 19.8 Å². The van der Waals surface area contributed by atoms with Gasteiger partial charge in [-0.05, 0) is 64.2 Å². The highest BCUT2D eigenvalue weighted by Crippen LogP contribution is 2.42. The lowest BCUT2D eigenvalue weighted by atomic mass is 10.1. The van der Waals surface area contributed by atoms with Crippen LogP contribution in [-0.2, 0) is 32.7 Å². The van der Waals surface area contributed by atoms with Crippen molar-refractivity contribution in [2.75, 3.05) is 20.3 Å². The smallest absolute Gasteiger partial charge is 0.462 e. The predicted molar refractivity (Wildman–Crippen MR) is 221 cm³/mol. The van der Waals surface area contributed by atoms with E-state index in [9.17, 15) is 19.0 Å². The molecule has 0 aromatic rings. The fourth-order valence-electron chi connectivity index (χ4n) is 6.24. The van der Waals surface area contributed by atoms with Gasteiger partial charge in [-0.15, -0.1) is 0 Å². The number of carbonyl (C=O) groups excluding carboxylic acids is 2. The highest BCUT2D eigenvalue weighted by atomic mass is 31.2. The molecule has 0 saturated carbocycles. The molecule has 2 unspecified atom stereocenters. The van der Waals surface area contributed by atoms with Crippen LogP contribution in [0.15, 0.2) is 24.3 Å². The van der Waals surface area contributed by atoms with Crippen LogP contribution in [0.5, 0.6) is 0 Å². The third kappa shape index (κ3) is 40.0. The fraction of sp³-hybridized carbons (Fsp3) is 0.864. The zero-order valence-corrected chi connectivity index (χ0v) is 35.6. The van der Waals surface area contributed by atoms with Gasteiger partial charge in [-0.1, -0.05) is 167 Å². The van der Waals surface area contributed by atoms with Gasteiger partial charge in [-0.3, -0.25) is 18.6 Å². The lowest BCUT2D eigenvalue weighted by Gasteiger charge is -2.19. The lowest BCUT2D eigenvalue weighted by molar-refractivity contribution is -0.161. The highest BCUT2D eigenvalue weighted by molar-refractivity contribution is 7.47. The molecule has 0 aromatic carbocycles. The molecule has 53 heavy (non-hydrogen) atoms. The quantitative estimate of drug-likeness (QED) is 0.0283. The molecule has 2 atom stereocenters. The zero-order valence-electron chi connectivity index (χ0n) is 34.7. The second kappa shape index (κ2) is 40.2. The van der Waals surface area contributed by atoms with Crippen LogP contribution >= 0.6 is 7.82 Å². The van der Waals surface area contributed by atoms with Crippen molar-refractivity contribution < 1.29 is 37.6 Å². The summed E-state index contributed by atoms with van der Waals surface area (Å²) >= 11 is 0. The lowest BCUT2D eigenvalue weighted by Crippen LogP contribution is -2.29. The molecule has 0 radical (unpaired) electrons. The first-order valence-corrected chi connectivity index (χ1v) is 23.5. The SMILES string of the molecule is CCCCCCCC/C=C\CCCCCCCCCC(=O)OCC(COP(=O)(O)OC)OC(=O)CCCCCCCCC/C=C\CCCCCCCC. The van der Waals surface area contributed by atoms with Crippen molar-refractivity contribution in [2.24, 2.45) is 0 Å². The number of allylic oxidation sites excluding steroid dienone is 4. The second-order valence-electron chi connectivity index (χ2n) is 14.8. The second-order valence-corrected chi connectivity index (χ2v) is 16.4. The molecule has 0 aromatic heterocycles. The standard InChI is InChI=1S/C44H83O8P/c1-4-6-8-10-12-14-16-18-20-22-24-26-28-30-32-34-36-38-43(45)50-40-42(41-51-53(47,48)49-3)52-44(46)39-37-35-33-31-29-27-25-23-21-19-17-15-13-11-9-7-5-2/h18-21,42H,4-17,22-41H2,1-3H3,(H,47,48)/b20-18-,21-19-. The van der Waals surface area contributed by atoms with E-state index in [-0.39, 0.29) is 25.4 Å². The summed E-state index contributed by atoms with van der Waals surface area (Å²) in [5.74, 6) is -0.807. The molecule has 0 spiro atoms. The normalized spacial score (nSPS) is 13.5. The summed E-state index contributed by atoms with van der Waals surface area (Å²) in [6.07, 6.45) is 45.1. The monoisotopic (exact) mass is 771 g/mol. The van der Waals surface area contributed by atoms with Gasteiger partial charge in [0.2, 0.25) is 0 Å².